The standard InChI is InChI=1S/C18H26N6O/c1-13(25)22-15-9-14(10-15)16-11-18(21-12-20-16)23(2)7-4-5-17-19-6-8-24(17)3/h6,8,11-12,14-15H,4-5,7,9-10H2,1-3H3,(H,22,25). The third-order valence-corrected chi connectivity index (χ3v) is 4.84. The van der Waals surface area contributed by atoms with Crippen LogP contribution in [0.2, 0.25) is 0 Å². The van der Waals surface area contributed by atoms with Crippen molar-refractivity contribution in [3.63, 3.8) is 0 Å². The summed E-state index contributed by atoms with van der Waals surface area (Å²) in [5, 5.41) is 2.96. The Morgan fingerprint density at radius 3 is 2.84 bits per heavy atom. The van der Waals surface area contributed by atoms with Crippen LogP contribution >= 0.6 is 0 Å². The van der Waals surface area contributed by atoms with Gasteiger partial charge in [-0.25, -0.2) is 15.0 Å². The lowest BCUT2D eigenvalue weighted by atomic mass is 9.78. The Balaban J connectivity index is 1.51. The van der Waals surface area contributed by atoms with Gasteiger partial charge >= 0.3 is 0 Å². The summed E-state index contributed by atoms with van der Waals surface area (Å²) in [5.41, 5.74) is 1.07. The fraction of sp³-hybridized carbons (Fsp3) is 0.556. The molecule has 25 heavy (non-hydrogen) atoms. The molecule has 2 aromatic heterocycles. The third kappa shape index (κ3) is 4.35. The second-order valence-electron chi connectivity index (χ2n) is 6.85. The lowest BCUT2D eigenvalue weighted by Crippen LogP contribution is -2.42. The molecule has 0 aromatic carbocycles. The molecule has 7 nitrogen and oxygen atoms in total. The highest BCUT2D eigenvalue weighted by molar-refractivity contribution is 5.73. The Labute approximate surface area is 148 Å². The molecule has 7 heteroatoms. The summed E-state index contributed by atoms with van der Waals surface area (Å²) < 4.78 is 2.06. The Kier molecular flexibility index (Phi) is 5.31. The molecule has 1 saturated carbocycles. The molecule has 1 fully saturated rings. The average Bonchev–Trinajstić information content (AvgIpc) is 2.95. The number of nitrogens with zero attached hydrogens (tertiary/aromatic N) is 5. The van der Waals surface area contributed by atoms with Crippen molar-refractivity contribution in [3.05, 3.63) is 36.3 Å². The average molecular weight is 342 g/mol. The van der Waals surface area contributed by atoms with Crippen LogP contribution in [0.25, 0.3) is 0 Å². The van der Waals surface area contributed by atoms with Crippen LogP contribution in [0, 0.1) is 0 Å². The molecule has 1 aliphatic rings. The number of hydrogen-bond acceptors (Lipinski definition) is 5. The molecule has 1 amide bonds. The van der Waals surface area contributed by atoms with Crippen molar-refractivity contribution in [3.8, 4) is 0 Å². The van der Waals surface area contributed by atoms with Crippen molar-refractivity contribution in [2.75, 3.05) is 18.5 Å². The number of hydrogen-bond donors (Lipinski definition) is 1. The molecular weight excluding hydrogens is 316 g/mol. The summed E-state index contributed by atoms with van der Waals surface area (Å²) in [6, 6.07) is 2.37. The number of imidazole rings is 1. The van der Waals surface area contributed by atoms with E-state index >= 15 is 0 Å². The van der Waals surface area contributed by atoms with Gasteiger partial charge in [-0.3, -0.25) is 4.79 Å². The Hall–Kier alpha value is -2.44. The molecule has 0 saturated heterocycles. The molecule has 0 aliphatic heterocycles. The summed E-state index contributed by atoms with van der Waals surface area (Å²) >= 11 is 0. The topological polar surface area (TPSA) is 75.9 Å². The van der Waals surface area contributed by atoms with Gasteiger partial charge in [0.15, 0.2) is 0 Å². The van der Waals surface area contributed by atoms with Crippen molar-refractivity contribution in [1.82, 2.24) is 24.8 Å². The molecule has 134 valence electrons. The lowest BCUT2D eigenvalue weighted by molar-refractivity contribution is -0.120. The van der Waals surface area contributed by atoms with Crippen LogP contribution in [0.1, 0.15) is 43.6 Å². The van der Waals surface area contributed by atoms with Crippen LogP contribution in [-0.2, 0) is 18.3 Å². The molecule has 2 heterocycles. The third-order valence-electron chi connectivity index (χ3n) is 4.84. The summed E-state index contributed by atoms with van der Waals surface area (Å²) in [7, 11) is 4.08. The van der Waals surface area contributed by atoms with E-state index in [-0.39, 0.29) is 11.9 Å². The highest BCUT2D eigenvalue weighted by atomic mass is 16.1. The Morgan fingerprint density at radius 2 is 2.16 bits per heavy atom. The van der Waals surface area contributed by atoms with Crippen LogP contribution in [-0.4, -0.2) is 45.1 Å². The first-order valence-corrected chi connectivity index (χ1v) is 8.79. The normalized spacial score (nSPS) is 19.3. The minimum absolute atomic E-state index is 0.0410. The fourth-order valence-electron chi connectivity index (χ4n) is 3.28. The van der Waals surface area contributed by atoms with Crippen LogP contribution in [0.5, 0.6) is 0 Å². The van der Waals surface area contributed by atoms with Crippen molar-refractivity contribution in [2.24, 2.45) is 7.05 Å². The molecule has 2 aromatic rings. The molecule has 1 N–H and O–H groups in total. The predicted octanol–water partition coefficient (Wildman–Crippen LogP) is 1.66. The van der Waals surface area contributed by atoms with Gasteiger partial charge in [0, 0.05) is 70.1 Å². The number of aromatic nitrogens is 4. The second kappa shape index (κ2) is 7.63. The maximum atomic E-state index is 11.1. The van der Waals surface area contributed by atoms with E-state index in [2.05, 4.69) is 42.8 Å². The summed E-state index contributed by atoms with van der Waals surface area (Å²) in [6.45, 7) is 2.48. The van der Waals surface area contributed by atoms with E-state index in [0.717, 1.165) is 49.6 Å². The van der Waals surface area contributed by atoms with Gasteiger partial charge in [0.1, 0.15) is 18.0 Å². The van der Waals surface area contributed by atoms with E-state index in [1.807, 2.05) is 19.4 Å². The number of nitrogens with one attached hydrogen (secondary N) is 1. The van der Waals surface area contributed by atoms with E-state index in [4.69, 9.17) is 0 Å². The predicted molar refractivity (Wildman–Crippen MR) is 96.4 cm³/mol. The zero-order valence-corrected chi connectivity index (χ0v) is 15.1. The zero-order chi connectivity index (χ0) is 17.8. The minimum Gasteiger partial charge on any atom is -0.360 e. The number of amides is 1. The minimum atomic E-state index is 0.0410. The van der Waals surface area contributed by atoms with E-state index < -0.39 is 0 Å². The van der Waals surface area contributed by atoms with Crippen molar-refractivity contribution >= 4 is 11.7 Å². The summed E-state index contributed by atoms with van der Waals surface area (Å²) in [5.74, 6) is 2.52. The molecule has 0 bridgehead atoms. The van der Waals surface area contributed by atoms with Gasteiger partial charge in [0.05, 0.1) is 0 Å². The van der Waals surface area contributed by atoms with E-state index in [9.17, 15) is 4.79 Å². The molecule has 0 radical (unpaired) electrons. The van der Waals surface area contributed by atoms with Gasteiger partial charge in [0.2, 0.25) is 5.91 Å². The van der Waals surface area contributed by atoms with Crippen LogP contribution in [0.15, 0.2) is 24.8 Å². The molecule has 1 aliphatic carbocycles. The van der Waals surface area contributed by atoms with Crippen molar-refractivity contribution in [2.45, 2.75) is 44.6 Å². The first-order valence-electron chi connectivity index (χ1n) is 8.79. The van der Waals surface area contributed by atoms with Crippen LogP contribution in [0.3, 0.4) is 0 Å². The Morgan fingerprint density at radius 1 is 1.36 bits per heavy atom. The monoisotopic (exact) mass is 342 g/mol. The molecule has 0 spiro atoms. The number of aryl methyl sites for hydroxylation is 2. The molecule has 0 unspecified atom stereocenters. The number of rotatable bonds is 7. The van der Waals surface area contributed by atoms with Crippen molar-refractivity contribution in [1.29, 1.82) is 0 Å². The largest absolute Gasteiger partial charge is 0.360 e. The molecule has 0 atom stereocenters. The van der Waals surface area contributed by atoms with E-state index in [1.54, 1.807) is 13.3 Å². The number of carbonyl (C=O) groups is 1. The smallest absolute Gasteiger partial charge is 0.217 e. The van der Waals surface area contributed by atoms with Crippen LogP contribution < -0.4 is 10.2 Å². The Bertz CT molecular complexity index is 722. The van der Waals surface area contributed by atoms with Gasteiger partial charge in [-0.05, 0) is 19.3 Å². The summed E-state index contributed by atoms with van der Waals surface area (Å²) in [4.78, 5) is 26.4. The van der Waals surface area contributed by atoms with Crippen molar-refractivity contribution < 1.29 is 4.79 Å². The molecular formula is C18H26N6O. The summed E-state index contributed by atoms with van der Waals surface area (Å²) in [6.07, 6.45) is 9.34. The van der Waals surface area contributed by atoms with Gasteiger partial charge in [-0.2, -0.15) is 0 Å². The van der Waals surface area contributed by atoms with E-state index in [1.165, 1.54) is 0 Å². The quantitative estimate of drug-likeness (QED) is 0.828. The van der Waals surface area contributed by atoms with Gasteiger partial charge < -0.3 is 14.8 Å². The first-order chi connectivity index (χ1) is 12.0. The molecule has 3 rings (SSSR count). The number of anilines is 1. The zero-order valence-electron chi connectivity index (χ0n) is 15.1. The van der Waals surface area contributed by atoms with E-state index in [0.29, 0.717) is 5.92 Å². The highest BCUT2D eigenvalue weighted by Crippen LogP contribution is 2.36. The van der Waals surface area contributed by atoms with Gasteiger partial charge in [0.25, 0.3) is 0 Å². The van der Waals surface area contributed by atoms with Gasteiger partial charge in [-0.1, -0.05) is 0 Å². The fourth-order valence-corrected chi connectivity index (χ4v) is 3.28. The first kappa shape index (κ1) is 17.4. The van der Waals surface area contributed by atoms with Gasteiger partial charge in [-0.15, -0.1) is 0 Å². The highest BCUT2D eigenvalue weighted by Gasteiger charge is 2.32. The SMILES string of the molecule is CC(=O)NC1CC(c2cc(N(C)CCCc3nccn3C)ncn2)C1. The maximum Gasteiger partial charge on any atom is 0.217 e. The van der Waals surface area contributed by atoms with Crippen LogP contribution in [0.4, 0.5) is 5.82 Å². The second-order valence-corrected chi connectivity index (χ2v) is 6.85. The maximum absolute atomic E-state index is 11.1. The lowest BCUT2D eigenvalue weighted by Gasteiger charge is -2.35. The number of carbonyl (C=O) groups excluding carboxylic acids is 1.